The first-order valence-electron chi connectivity index (χ1n) is 10.2. The zero-order chi connectivity index (χ0) is 22.3. The monoisotopic (exact) mass is 441 g/mol. The van der Waals surface area contributed by atoms with Gasteiger partial charge >= 0.3 is 5.97 Å². The topological polar surface area (TPSA) is 48.4 Å². The summed E-state index contributed by atoms with van der Waals surface area (Å²) in [6.07, 6.45) is 4.08. The number of carbonyl (C=O) groups is 1. The molecule has 0 unspecified atom stereocenters. The van der Waals surface area contributed by atoms with Crippen LogP contribution < -0.4 is 4.74 Å². The summed E-state index contributed by atoms with van der Waals surface area (Å²) in [6.45, 7) is 2.51. The third-order valence-electron chi connectivity index (χ3n) is 4.95. The molecule has 3 aromatic carbocycles. The lowest BCUT2D eigenvalue weighted by atomic mass is 10.1. The van der Waals surface area contributed by atoms with Crippen molar-refractivity contribution in [3.63, 3.8) is 0 Å². The highest BCUT2D eigenvalue weighted by Gasteiger charge is 2.05. The highest BCUT2D eigenvalue weighted by Crippen LogP contribution is 2.24. The lowest BCUT2D eigenvalue weighted by molar-refractivity contribution is 0.0600. The van der Waals surface area contributed by atoms with Gasteiger partial charge in [-0.2, -0.15) is 0 Å². The van der Waals surface area contributed by atoms with E-state index >= 15 is 0 Å². The van der Waals surface area contributed by atoms with Crippen molar-refractivity contribution in [2.24, 2.45) is 0 Å². The maximum Gasteiger partial charge on any atom is 0.337 e. The molecule has 0 amide bonds. The molecule has 5 heteroatoms. The van der Waals surface area contributed by atoms with Crippen molar-refractivity contribution in [3.8, 4) is 17.0 Å². The van der Waals surface area contributed by atoms with E-state index in [1.165, 1.54) is 12.7 Å². The van der Waals surface area contributed by atoms with E-state index in [0.717, 1.165) is 33.1 Å². The second-order valence-electron chi connectivity index (χ2n) is 7.32. The van der Waals surface area contributed by atoms with Crippen LogP contribution in [0.2, 0.25) is 0 Å². The van der Waals surface area contributed by atoms with Gasteiger partial charge in [-0.1, -0.05) is 60.2 Å². The number of rotatable bonds is 7. The highest BCUT2D eigenvalue weighted by atomic mass is 32.1. The van der Waals surface area contributed by atoms with Gasteiger partial charge in [0.1, 0.15) is 17.4 Å². The van der Waals surface area contributed by atoms with Gasteiger partial charge in [0.15, 0.2) is 0 Å². The van der Waals surface area contributed by atoms with Crippen LogP contribution in [0, 0.1) is 6.92 Å². The van der Waals surface area contributed by atoms with E-state index in [4.69, 9.17) is 14.5 Å². The van der Waals surface area contributed by atoms with Crippen molar-refractivity contribution in [3.05, 3.63) is 105 Å². The fourth-order valence-corrected chi connectivity index (χ4v) is 3.80. The van der Waals surface area contributed by atoms with Gasteiger partial charge in [-0.3, -0.25) is 0 Å². The van der Waals surface area contributed by atoms with E-state index in [2.05, 4.69) is 36.6 Å². The summed E-state index contributed by atoms with van der Waals surface area (Å²) in [5, 5.41) is 3.05. The largest absolute Gasteiger partial charge is 0.489 e. The zero-order valence-electron chi connectivity index (χ0n) is 17.9. The number of nitrogens with zero attached hydrogens (tertiary/aromatic N) is 1. The second kappa shape index (κ2) is 10.1. The average Bonchev–Trinajstić information content (AvgIpc) is 3.31. The van der Waals surface area contributed by atoms with Crippen LogP contribution in [0.1, 0.15) is 32.1 Å². The Morgan fingerprint density at radius 1 is 0.938 bits per heavy atom. The van der Waals surface area contributed by atoms with Crippen molar-refractivity contribution < 1.29 is 14.3 Å². The minimum atomic E-state index is -0.342. The standard InChI is InChI=1S/C27H23NO3S/c1-19-3-10-22(11-4-19)25-18-32-26(28-25)16-9-20-7-14-24(15-8-20)31-17-21-5-12-23(13-6-21)27(29)30-2/h3-16,18H,17H2,1-2H3. The van der Waals surface area contributed by atoms with Crippen LogP contribution in [0.5, 0.6) is 5.75 Å². The first kappa shape index (κ1) is 21.5. The van der Waals surface area contributed by atoms with E-state index in [0.29, 0.717) is 12.2 Å². The molecule has 0 spiro atoms. The summed E-state index contributed by atoms with van der Waals surface area (Å²) in [5.41, 5.74) is 5.96. The Balaban J connectivity index is 1.33. The Labute approximate surface area is 191 Å². The molecule has 0 aliphatic heterocycles. The van der Waals surface area contributed by atoms with Crippen molar-refractivity contribution in [2.45, 2.75) is 13.5 Å². The number of aromatic nitrogens is 1. The van der Waals surface area contributed by atoms with Crippen LogP contribution in [0.25, 0.3) is 23.4 Å². The maximum atomic E-state index is 11.5. The van der Waals surface area contributed by atoms with Gasteiger partial charge in [-0.05, 0) is 48.4 Å². The van der Waals surface area contributed by atoms with E-state index in [1.54, 1.807) is 23.5 Å². The highest BCUT2D eigenvalue weighted by molar-refractivity contribution is 7.10. The first-order chi connectivity index (χ1) is 15.6. The molecule has 0 radical (unpaired) electrons. The van der Waals surface area contributed by atoms with Gasteiger partial charge in [0.25, 0.3) is 0 Å². The second-order valence-corrected chi connectivity index (χ2v) is 8.21. The number of esters is 1. The molecule has 0 saturated carbocycles. The van der Waals surface area contributed by atoms with Gasteiger partial charge in [-0.15, -0.1) is 11.3 Å². The number of benzene rings is 3. The van der Waals surface area contributed by atoms with Crippen LogP contribution in [0.15, 0.2) is 78.2 Å². The summed E-state index contributed by atoms with van der Waals surface area (Å²) in [5.74, 6) is 0.445. The van der Waals surface area contributed by atoms with E-state index < -0.39 is 0 Å². The fourth-order valence-electron chi connectivity index (χ4n) is 3.09. The molecule has 0 N–H and O–H groups in total. The van der Waals surface area contributed by atoms with Crippen molar-refractivity contribution in [1.29, 1.82) is 0 Å². The van der Waals surface area contributed by atoms with Crippen LogP contribution in [0.4, 0.5) is 0 Å². The van der Waals surface area contributed by atoms with Crippen LogP contribution >= 0.6 is 11.3 Å². The summed E-state index contributed by atoms with van der Waals surface area (Å²) in [4.78, 5) is 16.2. The normalized spacial score (nSPS) is 10.9. The maximum absolute atomic E-state index is 11.5. The van der Waals surface area contributed by atoms with Gasteiger partial charge in [0.2, 0.25) is 0 Å². The van der Waals surface area contributed by atoms with E-state index in [9.17, 15) is 4.79 Å². The summed E-state index contributed by atoms with van der Waals surface area (Å²) in [6, 6.07) is 23.5. The average molecular weight is 442 g/mol. The number of aryl methyl sites for hydroxylation is 1. The number of hydrogen-bond acceptors (Lipinski definition) is 5. The Bertz CT molecular complexity index is 1210. The summed E-state index contributed by atoms with van der Waals surface area (Å²) in [7, 11) is 1.37. The van der Waals surface area contributed by atoms with Crippen molar-refractivity contribution >= 4 is 29.5 Å². The Morgan fingerprint density at radius 3 is 2.34 bits per heavy atom. The number of thiazole rings is 1. The Kier molecular flexibility index (Phi) is 6.78. The Morgan fingerprint density at radius 2 is 1.66 bits per heavy atom. The summed E-state index contributed by atoms with van der Waals surface area (Å²) < 4.78 is 10.6. The molecule has 32 heavy (non-hydrogen) atoms. The molecule has 0 aliphatic rings. The molecule has 0 bridgehead atoms. The van der Waals surface area contributed by atoms with E-state index in [-0.39, 0.29) is 5.97 Å². The molecule has 1 aromatic heterocycles. The van der Waals surface area contributed by atoms with Gasteiger partial charge in [-0.25, -0.2) is 9.78 Å². The van der Waals surface area contributed by atoms with Crippen LogP contribution in [-0.4, -0.2) is 18.1 Å². The molecule has 4 rings (SSSR count). The molecule has 4 aromatic rings. The SMILES string of the molecule is COC(=O)c1ccc(COc2ccc(C=Cc3nc(-c4ccc(C)cc4)cs3)cc2)cc1. The summed E-state index contributed by atoms with van der Waals surface area (Å²) >= 11 is 1.63. The molecular weight excluding hydrogens is 418 g/mol. The van der Waals surface area contributed by atoms with Gasteiger partial charge < -0.3 is 9.47 Å². The van der Waals surface area contributed by atoms with Crippen molar-refractivity contribution in [1.82, 2.24) is 4.98 Å². The smallest absolute Gasteiger partial charge is 0.337 e. The molecule has 0 atom stereocenters. The number of methoxy groups -OCH3 is 1. The lowest BCUT2D eigenvalue weighted by Crippen LogP contribution is -2.01. The minimum absolute atomic E-state index is 0.342. The molecule has 0 aliphatic carbocycles. The fraction of sp³-hybridized carbons (Fsp3) is 0.111. The molecule has 0 fully saturated rings. The Hall–Kier alpha value is -3.70. The molecule has 0 saturated heterocycles. The number of hydrogen-bond donors (Lipinski definition) is 0. The van der Waals surface area contributed by atoms with Crippen LogP contribution in [-0.2, 0) is 11.3 Å². The quantitative estimate of drug-likeness (QED) is 0.301. The lowest BCUT2D eigenvalue weighted by Gasteiger charge is -2.07. The predicted octanol–water partition coefficient (Wildman–Crippen LogP) is 6.65. The molecule has 4 nitrogen and oxygen atoms in total. The third kappa shape index (κ3) is 5.50. The van der Waals surface area contributed by atoms with Gasteiger partial charge in [0, 0.05) is 10.9 Å². The zero-order valence-corrected chi connectivity index (χ0v) is 18.8. The predicted molar refractivity (Wildman–Crippen MR) is 130 cm³/mol. The number of ether oxygens (including phenoxy) is 2. The van der Waals surface area contributed by atoms with E-state index in [1.807, 2.05) is 48.6 Å². The first-order valence-corrected chi connectivity index (χ1v) is 11.1. The van der Waals surface area contributed by atoms with Crippen LogP contribution in [0.3, 0.4) is 0 Å². The minimum Gasteiger partial charge on any atom is -0.489 e. The molecule has 160 valence electrons. The third-order valence-corrected chi connectivity index (χ3v) is 5.76. The molecule has 1 heterocycles. The van der Waals surface area contributed by atoms with Gasteiger partial charge in [0.05, 0.1) is 18.4 Å². The molecular formula is C27H23NO3S. The number of carbonyl (C=O) groups excluding carboxylic acids is 1. The van der Waals surface area contributed by atoms with Crippen molar-refractivity contribution in [2.75, 3.05) is 7.11 Å².